The maximum absolute atomic E-state index is 14.5. The zero-order chi connectivity index (χ0) is 54.1. The van der Waals surface area contributed by atoms with Gasteiger partial charge in [0.25, 0.3) is 0 Å². The number of hydrogen-bond donors (Lipinski definition) is 3. The molecule has 1 unspecified atom stereocenters. The first-order valence-electron chi connectivity index (χ1n) is 30.8. The Morgan fingerprint density at radius 2 is 1.24 bits per heavy atom. The summed E-state index contributed by atoms with van der Waals surface area (Å²) in [6.45, 7) is 17.4. The van der Waals surface area contributed by atoms with Crippen LogP contribution in [0.3, 0.4) is 0 Å². The second kappa shape index (κ2) is 19.9. The van der Waals surface area contributed by atoms with Gasteiger partial charge in [-0.3, -0.25) is 4.79 Å². The average molecular weight is 1110 g/mol. The van der Waals surface area contributed by atoms with Crippen LogP contribution in [0.4, 0.5) is 0 Å². The molecule has 0 aromatic rings. The smallest absolute Gasteiger partial charge is 0.308 e. The lowest BCUT2D eigenvalue weighted by molar-refractivity contribution is -0.442. The van der Waals surface area contributed by atoms with E-state index < -0.39 is 60.3 Å². The van der Waals surface area contributed by atoms with Gasteiger partial charge in [-0.2, -0.15) is 0 Å². The van der Waals surface area contributed by atoms with E-state index >= 15 is 0 Å². The molecule has 0 aliphatic carbocycles. The van der Waals surface area contributed by atoms with E-state index in [-0.39, 0.29) is 152 Å². The summed E-state index contributed by atoms with van der Waals surface area (Å²) >= 11 is 0. The summed E-state index contributed by atoms with van der Waals surface area (Å²) in [7, 11) is 0. The van der Waals surface area contributed by atoms with Crippen molar-refractivity contribution < 1.29 is 91.2 Å². The van der Waals surface area contributed by atoms with Gasteiger partial charge in [-0.1, -0.05) is 40.9 Å². The Bertz CT molecular complexity index is 2360. The number of aliphatic hydroxyl groups is 3. The molecular formula is C60H86O19. The summed E-state index contributed by atoms with van der Waals surface area (Å²) in [6.07, 6.45) is 3.66. The molecule has 16 saturated heterocycles. The lowest BCUT2D eigenvalue weighted by Crippen LogP contribution is -2.66. The minimum atomic E-state index is -1.02. The fourth-order valence-electron chi connectivity index (χ4n) is 18.2. The van der Waals surface area contributed by atoms with Crippen molar-refractivity contribution in [3.8, 4) is 0 Å². The number of fused-ring (bicyclic) bond motifs is 10. The van der Waals surface area contributed by atoms with Crippen molar-refractivity contribution in [1.82, 2.24) is 0 Å². The van der Waals surface area contributed by atoms with Gasteiger partial charge in [-0.15, -0.1) is 0 Å². The maximum Gasteiger partial charge on any atom is 0.308 e. The highest BCUT2D eigenvalue weighted by Gasteiger charge is 2.75. The number of carbonyl (C=O) groups excluding carboxylic acids is 1. The molecule has 0 radical (unpaired) electrons. The van der Waals surface area contributed by atoms with Crippen molar-refractivity contribution in [3.63, 3.8) is 0 Å². The van der Waals surface area contributed by atoms with Crippen LogP contribution in [-0.4, -0.2) is 191 Å². The number of carbonyl (C=O) groups is 1. The lowest BCUT2D eigenvalue weighted by Gasteiger charge is -2.54. The predicted octanol–water partition coefficient (Wildman–Crippen LogP) is 5.27. The number of hydrogen-bond acceptors (Lipinski definition) is 19. The van der Waals surface area contributed by atoms with Crippen molar-refractivity contribution in [2.45, 2.75) is 313 Å². The highest BCUT2D eigenvalue weighted by atomic mass is 16.9. The summed E-state index contributed by atoms with van der Waals surface area (Å²) in [5.74, 6) is -3.65. The third-order valence-electron chi connectivity index (χ3n) is 21.9. The van der Waals surface area contributed by atoms with Crippen LogP contribution in [0, 0.1) is 23.7 Å². The first kappa shape index (κ1) is 54.0. The highest BCUT2D eigenvalue weighted by Crippen LogP contribution is 2.61. The van der Waals surface area contributed by atoms with E-state index in [1.54, 1.807) is 0 Å². The van der Waals surface area contributed by atoms with Crippen molar-refractivity contribution >= 4 is 5.97 Å². The first-order valence-corrected chi connectivity index (χ1v) is 30.8. The Balaban J connectivity index is 0.650. The van der Waals surface area contributed by atoms with Crippen LogP contribution in [0.1, 0.15) is 150 Å². The van der Waals surface area contributed by atoms with Crippen LogP contribution in [0.15, 0.2) is 24.3 Å². The molecule has 16 heterocycles. The van der Waals surface area contributed by atoms with Gasteiger partial charge in [0.1, 0.15) is 18.3 Å². The molecule has 3 N–H and O–H groups in total. The lowest BCUT2D eigenvalue weighted by atomic mass is 9.79. The van der Waals surface area contributed by atoms with Gasteiger partial charge in [0.2, 0.25) is 5.79 Å². The van der Waals surface area contributed by atoms with Gasteiger partial charge in [0.15, 0.2) is 17.4 Å². The Morgan fingerprint density at radius 1 is 0.544 bits per heavy atom. The second-order valence-electron chi connectivity index (χ2n) is 27.6. The van der Waals surface area contributed by atoms with Crippen LogP contribution in [0.25, 0.3) is 0 Å². The van der Waals surface area contributed by atoms with Crippen LogP contribution in [-0.2, 0) is 75.8 Å². The molecule has 0 aromatic heterocycles. The molecule has 10 bridgehead atoms. The molecule has 16 aliphatic heterocycles. The summed E-state index contributed by atoms with van der Waals surface area (Å²) in [5.41, 5.74) is 2.15. The van der Waals surface area contributed by atoms with Crippen LogP contribution in [0.2, 0.25) is 0 Å². The summed E-state index contributed by atoms with van der Waals surface area (Å²) in [4.78, 5) is 14.5. The Hall–Kier alpha value is -1.73. The van der Waals surface area contributed by atoms with E-state index in [0.717, 1.165) is 49.7 Å². The second-order valence-corrected chi connectivity index (χ2v) is 27.6. The first-order chi connectivity index (χ1) is 37.9. The predicted molar refractivity (Wildman–Crippen MR) is 274 cm³/mol. The summed E-state index contributed by atoms with van der Waals surface area (Å²) in [5, 5.41) is 30.3. The normalized spacial score (nSPS) is 57.2. The van der Waals surface area contributed by atoms with Gasteiger partial charge in [-0.05, 0) is 73.8 Å². The molecule has 16 fully saturated rings. The molecule has 19 nitrogen and oxygen atoms in total. The molecule has 0 amide bonds. The van der Waals surface area contributed by atoms with E-state index in [9.17, 15) is 20.1 Å². The average Bonchev–Trinajstić information content (AvgIpc) is 2.31. The Labute approximate surface area is 463 Å². The van der Waals surface area contributed by atoms with E-state index in [4.69, 9.17) is 71.1 Å². The fraction of sp³-hybridized carbons (Fsp3) is 0.917. The molecule has 16 aliphatic rings. The third-order valence-corrected chi connectivity index (χ3v) is 21.9. The molecule has 4 spiro atoms. The molecule has 0 aromatic carbocycles. The van der Waals surface area contributed by atoms with E-state index in [2.05, 4.69) is 40.9 Å². The van der Waals surface area contributed by atoms with Gasteiger partial charge < -0.3 is 86.4 Å². The molecule has 0 saturated carbocycles. The summed E-state index contributed by atoms with van der Waals surface area (Å²) < 4.78 is 103. The van der Waals surface area contributed by atoms with Gasteiger partial charge in [-0.25, -0.2) is 0 Å². The SMILES string of the molecule is C=C1C[C@@H]2CC[C@]34C[C@@H]5OC6(C[C@H]7O[C@H](CC[C@@H]7O[C@H]6[C@@H]5O3)CC(=O)O[C@@H]3[C@@H](C)[C@@H]5O[C@@H]6C[C@]7(C[C@@H]8O[C@]9(C[C@H](C)[C@@H]%10O[C@H]([C@@H](O)C[C@@H](O)CO)C[C@@H]%10O9)C[C@H](C)[C@@H]8O7)O[C@@H]6C[C@@H]5O[C@H]3C[C@H]3O[C@@H](CC[C@@H]1O2)C[C@@H](C)C3=C)O4. The Kier molecular flexibility index (Phi) is 13.6. The molecular weight excluding hydrogens is 1020 g/mol. The molecule has 440 valence electrons. The van der Waals surface area contributed by atoms with Gasteiger partial charge >= 0.3 is 5.97 Å². The minimum Gasteiger partial charge on any atom is -0.459 e. The summed E-state index contributed by atoms with van der Waals surface area (Å²) in [6, 6.07) is 0. The fourth-order valence-corrected chi connectivity index (χ4v) is 18.2. The van der Waals surface area contributed by atoms with E-state index in [1.807, 2.05) is 0 Å². The number of rotatable bonds is 4. The van der Waals surface area contributed by atoms with Crippen molar-refractivity contribution in [2.75, 3.05) is 6.61 Å². The van der Waals surface area contributed by atoms with Crippen LogP contribution in [0.5, 0.6) is 0 Å². The van der Waals surface area contributed by atoms with Crippen molar-refractivity contribution in [1.29, 1.82) is 0 Å². The minimum absolute atomic E-state index is 0.0197. The van der Waals surface area contributed by atoms with Gasteiger partial charge in [0.05, 0.1) is 135 Å². The zero-order valence-corrected chi connectivity index (χ0v) is 46.5. The van der Waals surface area contributed by atoms with Crippen LogP contribution >= 0.6 is 0 Å². The monoisotopic (exact) mass is 1110 g/mol. The number of aliphatic hydroxyl groups excluding tert-OH is 3. The quantitative estimate of drug-likeness (QED) is 0.241. The topological polar surface area (TPSA) is 216 Å². The molecule has 19 heteroatoms. The molecule has 16 rings (SSSR count). The third kappa shape index (κ3) is 9.34. The van der Waals surface area contributed by atoms with Crippen molar-refractivity contribution in [3.05, 3.63) is 24.3 Å². The Morgan fingerprint density at radius 3 is 2.09 bits per heavy atom. The molecule has 79 heavy (non-hydrogen) atoms. The zero-order valence-electron chi connectivity index (χ0n) is 46.5. The van der Waals surface area contributed by atoms with Crippen molar-refractivity contribution in [2.24, 2.45) is 23.7 Å². The largest absolute Gasteiger partial charge is 0.459 e. The number of ether oxygens (including phenoxy) is 15. The van der Waals surface area contributed by atoms with E-state index in [1.165, 1.54) is 0 Å². The maximum atomic E-state index is 14.5. The van der Waals surface area contributed by atoms with Gasteiger partial charge in [0, 0.05) is 76.5 Å². The van der Waals surface area contributed by atoms with Crippen LogP contribution < -0.4 is 0 Å². The number of esters is 1. The molecule has 31 atom stereocenters. The van der Waals surface area contributed by atoms with E-state index in [0.29, 0.717) is 70.6 Å². The standard InChI is InChI=1S/C60H86O19/c1-27-13-34-7-9-38-28(2)14-36(65-38)11-12-57-23-49-55(78-57)56-60(76-49,79-57)25-47-39(71-56)10-8-35(67-47)16-50(64)72-54-32(6)53-44(68-43(54)17-40(66-34)31(27)5)19-42-46(70-53)22-59(73-42)24-48-52(77-59)30(4)21-58(75-48)20-29(3)51-45(74-58)18-41(69-51)37(63)15-33(62)26-61/h27,29-30,32-49,51-56,61-63H,2,5,7-26H2,1,3-4,6H3/t27-,29+,30+,32+,33-,34+,35-,36+,37+,38+,39+,40-,41+,42-,43+,44+,45+,46-,47-,48+,49+,51+,52+,53+,54-,55-,56+,57+,58-,59+,60?/m1/s1. The highest BCUT2D eigenvalue weighted by molar-refractivity contribution is 5.70.